The van der Waals surface area contributed by atoms with Gasteiger partial charge in [0.1, 0.15) is 5.82 Å². The van der Waals surface area contributed by atoms with Gasteiger partial charge in [-0.3, -0.25) is 0 Å². The summed E-state index contributed by atoms with van der Waals surface area (Å²) in [6.07, 6.45) is -3.83. The van der Waals surface area contributed by atoms with Crippen LogP contribution in [0.5, 0.6) is 0 Å². The number of carbonyl (C=O) groups excluding carboxylic acids is 1. The minimum Gasteiger partial charge on any atom is -0.368 e. The van der Waals surface area contributed by atoms with E-state index in [1.807, 2.05) is 6.92 Å². The monoisotopic (exact) mass is 306 g/mol. The van der Waals surface area contributed by atoms with Crippen LogP contribution in [-0.2, 0) is 6.18 Å². The molecule has 0 saturated carbocycles. The molecule has 0 aliphatic heterocycles. The van der Waals surface area contributed by atoms with Gasteiger partial charge in [-0.25, -0.2) is 9.78 Å². The first-order chi connectivity index (χ1) is 9.82. The number of nitrogens with one attached hydrogen (secondary N) is 3. The summed E-state index contributed by atoms with van der Waals surface area (Å²) in [4.78, 5) is 17.8. The third-order valence-electron chi connectivity index (χ3n) is 2.28. The Kier molecular flexibility index (Phi) is 6.00. The van der Waals surface area contributed by atoms with Crippen LogP contribution in [0, 0.1) is 0 Å². The lowest BCUT2D eigenvalue weighted by Crippen LogP contribution is -2.33. The molecule has 7 nitrogen and oxygen atoms in total. The second-order valence-corrected chi connectivity index (χ2v) is 4.10. The van der Waals surface area contributed by atoms with E-state index in [2.05, 4.69) is 25.9 Å². The van der Waals surface area contributed by atoms with Crippen molar-refractivity contribution in [1.29, 1.82) is 0 Å². The number of primary amides is 1. The van der Waals surface area contributed by atoms with Gasteiger partial charge in [0.25, 0.3) is 0 Å². The Morgan fingerprint density at radius 3 is 2.52 bits per heavy atom. The number of hydrogen-bond acceptors (Lipinski definition) is 5. The summed E-state index contributed by atoms with van der Waals surface area (Å²) >= 11 is 0. The molecule has 0 unspecified atom stereocenters. The number of nitrogens with zero attached hydrogens (tertiary/aromatic N) is 2. The third-order valence-corrected chi connectivity index (χ3v) is 2.28. The zero-order valence-corrected chi connectivity index (χ0v) is 11.4. The highest BCUT2D eigenvalue weighted by molar-refractivity contribution is 5.71. The van der Waals surface area contributed by atoms with E-state index in [0.717, 1.165) is 12.5 Å². The highest BCUT2D eigenvalue weighted by Crippen LogP contribution is 2.29. The molecule has 0 atom stereocenters. The molecule has 0 spiro atoms. The quantitative estimate of drug-likeness (QED) is 0.570. The molecule has 0 saturated heterocycles. The van der Waals surface area contributed by atoms with Crippen molar-refractivity contribution < 1.29 is 18.0 Å². The van der Waals surface area contributed by atoms with Crippen LogP contribution < -0.4 is 21.7 Å². The highest BCUT2D eigenvalue weighted by atomic mass is 19.4. The summed E-state index contributed by atoms with van der Waals surface area (Å²) < 4.78 is 38.2. The molecule has 5 N–H and O–H groups in total. The number of nitrogens with two attached hydrogens (primary N) is 1. The van der Waals surface area contributed by atoms with Gasteiger partial charge in [0.2, 0.25) is 5.95 Å². The number of urea groups is 1. The molecule has 1 aromatic heterocycles. The fourth-order valence-corrected chi connectivity index (χ4v) is 1.38. The van der Waals surface area contributed by atoms with Gasteiger partial charge in [0.05, 0.1) is 0 Å². The zero-order chi connectivity index (χ0) is 15.9. The van der Waals surface area contributed by atoms with Gasteiger partial charge in [-0.1, -0.05) is 6.92 Å². The summed E-state index contributed by atoms with van der Waals surface area (Å²) in [6.45, 7) is 2.68. The first-order valence-electron chi connectivity index (χ1n) is 6.30. The van der Waals surface area contributed by atoms with Gasteiger partial charge in [-0.2, -0.15) is 18.2 Å². The lowest BCUT2D eigenvalue weighted by molar-refractivity contribution is -0.141. The number of halogens is 3. The van der Waals surface area contributed by atoms with Crippen LogP contribution in [0.2, 0.25) is 0 Å². The second-order valence-electron chi connectivity index (χ2n) is 4.10. The van der Waals surface area contributed by atoms with E-state index in [-0.39, 0.29) is 24.9 Å². The molecule has 0 aromatic carbocycles. The molecule has 0 radical (unpaired) electrons. The van der Waals surface area contributed by atoms with Crippen molar-refractivity contribution in [3.63, 3.8) is 0 Å². The molecule has 118 valence electrons. The predicted octanol–water partition coefficient (Wildman–Crippen LogP) is 1.40. The summed E-state index contributed by atoms with van der Waals surface area (Å²) in [5.74, 6) is -0.0840. The predicted molar refractivity (Wildman–Crippen MR) is 71.9 cm³/mol. The van der Waals surface area contributed by atoms with Crippen LogP contribution in [0.1, 0.15) is 19.0 Å². The molecule has 1 heterocycles. The van der Waals surface area contributed by atoms with Crippen molar-refractivity contribution >= 4 is 17.8 Å². The van der Waals surface area contributed by atoms with Gasteiger partial charge in [-0.15, -0.1) is 0 Å². The van der Waals surface area contributed by atoms with Gasteiger partial charge >= 0.3 is 12.2 Å². The summed E-state index contributed by atoms with van der Waals surface area (Å²) in [6, 6.07) is 0.0993. The molecule has 2 amide bonds. The van der Waals surface area contributed by atoms with Crippen LogP contribution in [0.25, 0.3) is 0 Å². The van der Waals surface area contributed by atoms with E-state index in [1.165, 1.54) is 0 Å². The van der Waals surface area contributed by atoms with Gasteiger partial charge in [0, 0.05) is 25.7 Å². The normalized spacial score (nSPS) is 11.0. The van der Waals surface area contributed by atoms with Crippen LogP contribution >= 0.6 is 0 Å². The van der Waals surface area contributed by atoms with Gasteiger partial charge < -0.3 is 21.7 Å². The molecule has 10 heteroatoms. The van der Waals surface area contributed by atoms with Crippen molar-refractivity contribution in [2.75, 3.05) is 30.3 Å². The maximum Gasteiger partial charge on any atom is 0.433 e. The van der Waals surface area contributed by atoms with Gasteiger partial charge in [-0.05, 0) is 6.42 Å². The van der Waals surface area contributed by atoms with Crippen molar-refractivity contribution in [2.24, 2.45) is 5.73 Å². The average Bonchev–Trinajstić information content (AvgIpc) is 2.40. The standard InChI is InChI=1S/C11H17F3N6O/c1-2-3-18-10-19-7(11(12,13)14)6-8(20-10)16-4-5-17-9(15)21/h6H,2-5H2,1H3,(H3,15,17,21)(H2,16,18,19,20). The molecule has 1 aromatic rings. The van der Waals surface area contributed by atoms with E-state index in [4.69, 9.17) is 5.73 Å². The topological polar surface area (TPSA) is 105 Å². The molecular formula is C11H17F3N6O. The van der Waals surface area contributed by atoms with Crippen LogP contribution in [0.15, 0.2) is 6.07 Å². The lowest BCUT2D eigenvalue weighted by atomic mass is 10.3. The number of rotatable bonds is 7. The summed E-state index contributed by atoms with van der Waals surface area (Å²) in [5.41, 5.74) is 3.83. The first-order valence-corrected chi connectivity index (χ1v) is 6.30. The Morgan fingerprint density at radius 2 is 1.95 bits per heavy atom. The minimum atomic E-state index is -4.56. The fraction of sp³-hybridized carbons (Fsp3) is 0.545. The summed E-state index contributed by atoms with van der Waals surface area (Å²) in [5, 5.41) is 7.68. The van der Waals surface area contributed by atoms with E-state index in [0.29, 0.717) is 6.54 Å². The SMILES string of the molecule is CCCNc1nc(NCCNC(N)=O)cc(C(F)(F)F)n1. The first kappa shape index (κ1) is 16.8. The molecule has 0 aliphatic rings. The molecule has 1 rings (SSSR count). The van der Waals surface area contributed by atoms with Crippen molar-refractivity contribution in [3.8, 4) is 0 Å². The number of anilines is 2. The molecule has 0 aliphatic carbocycles. The van der Waals surface area contributed by atoms with E-state index < -0.39 is 17.9 Å². The van der Waals surface area contributed by atoms with E-state index in [1.54, 1.807) is 0 Å². The summed E-state index contributed by atoms with van der Waals surface area (Å²) in [7, 11) is 0. The third kappa shape index (κ3) is 6.15. The Hall–Kier alpha value is -2.26. The zero-order valence-electron chi connectivity index (χ0n) is 11.4. The fourth-order valence-electron chi connectivity index (χ4n) is 1.38. The van der Waals surface area contributed by atoms with Crippen LogP contribution in [0.3, 0.4) is 0 Å². The number of amides is 2. The van der Waals surface area contributed by atoms with Crippen LogP contribution in [0.4, 0.5) is 29.7 Å². The van der Waals surface area contributed by atoms with Gasteiger partial charge in [0.15, 0.2) is 5.69 Å². The number of carbonyl (C=O) groups is 1. The largest absolute Gasteiger partial charge is 0.433 e. The van der Waals surface area contributed by atoms with E-state index in [9.17, 15) is 18.0 Å². The smallest absolute Gasteiger partial charge is 0.368 e. The maximum absolute atomic E-state index is 12.7. The van der Waals surface area contributed by atoms with Crippen molar-refractivity contribution in [2.45, 2.75) is 19.5 Å². The Balaban J connectivity index is 2.78. The molecule has 0 fully saturated rings. The number of hydrogen-bond donors (Lipinski definition) is 4. The number of aromatic nitrogens is 2. The Labute approximate surface area is 119 Å². The molecular weight excluding hydrogens is 289 g/mol. The Bertz CT molecular complexity index is 480. The number of alkyl halides is 3. The highest BCUT2D eigenvalue weighted by Gasteiger charge is 2.33. The lowest BCUT2D eigenvalue weighted by Gasteiger charge is -2.12. The second kappa shape index (κ2) is 7.50. The van der Waals surface area contributed by atoms with Crippen molar-refractivity contribution in [1.82, 2.24) is 15.3 Å². The average molecular weight is 306 g/mol. The Morgan fingerprint density at radius 1 is 1.24 bits per heavy atom. The maximum atomic E-state index is 12.7. The van der Waals surface area contributed by atoms with Crippen LogP contribution in [-0.4, -0.2) is 35.6 Å². The molecule has 21 heavy (non-hydrogen) atoms. The van der Waals surface area contributed by atoms with Crippen molar-refractivity contribution in [3.05, 3.63) is 11.8 Å². The molecule has 0 bridgehead atoms. The minimum absolute atomic E-state index is 0.0159. The van der Waals surface area contributed by atoms with E-state index >= 15 is 0 Å².